The van der Waals surface area contributed by atoms with E-state index in [1.807, 2.05) is 58.9 Å². The van der Waals surface area contributed by atoms with E-state index in [4.69, 9.17) is 16.3 Å². The molecule has 3 rings (SSSR count). The fourth-order valence-corrected chi connectivity index (χ4v) is 6.14. The van der Waals surface area contributed by atoms with Crippen molar-refractivity contribution in [2.75, 3.05) is 24.5 Å². The number of rotatable bonds is 13. The monoisotopic (exact) mass is 613 g/mol. The van der Waals surface area contributed by atoms with Crippen molar-refractivity contribution in [1.82, 2.24) is 10.2 Å². The van der Waals surface area contributed by atoms with E-state index in [1.54, 1.807) is 24.3 Å². The topological polar surface area (TPSA) is 96.0 Å². The van der Waals surface area contributed by atoms with Gasteiger partial charge in [-0.3, -0.25) is 13.9 Å². The Hall–Kier alpha value is -3.56. The van der Waals surface area contributed by atoms with Crippen LogP contribution in [-0.2, 0) is 26.2 Å². The van der Waals surface area contributed by atoms with Gasteiger partial charge in [0.2, 0.25) is 11.8 Å². The lowest BCUT2D eigenvalue weighted by molar-refractivity contribution is -0.140. The maximum atomic E-state index is 14.2. The molecule has 1 atom stereocenters. The summed E-state index contributed by atoms with van der Waals surface area (Å²) in [5.74, 6) is -0.381. The standard InChI is InChI=1S/C32H40ClN3O5S/c1-7-28(32(38)34-19-22(2)3)35(20-25-10-8-9-24(5)17-25)31(37)21-36(29-18-26(33)13-16-30(29)41-6)42(39,40)27-14-11-23(4)12-15-27/h8-18,22,28H,7,19-21H2,1-6H3,(H,34,38)/t28-/m1/s1. The zero-order valence-corrected chi connectivity index (χ0v) is 26.6. The molecule has 2 amide bonds. The summed E-state index contributed by atoms with van der Waals surface area (Å²) >= 11 is 6.31. The maximum absolute atomic E-state index is 14.2. The van der Waals surface area contributed by atoms with Gasteiger partial charge < -0.3 is 15.0 Å². The van der Waals surface area contributed by atoms with E-state index in [-0.39, 0.29) is 39.7 Å². The molecule has 226 valence electrons. The quantitative estimate of drug-likeness (QED) is 0.265. The molecule has 0 aliphatic carbocycles. The van der Waals surface area contributed by atoms with Crippen LogP contribution < -0.4 is 14.4 Å². The van der Waals surface area contributed by atoms with Crippen LogP contribution in [-0.4, -0.2) is 51.4 Å². The summed E-state index contributed by atoms with van der Waals surface area (Å²) in [5.41, 5.74) is 2.84. The number of halogens is 1. The van der Waals surface area contributed by atoms with Crippen molar-refractivity contribution in [3.8, 4) is 5.75 Å². The molecule has 0 unspecified atom stereocenters. The highest BCUT2D eigenvalue weighted by Gasteiger charge is 2.35. The minimum absolute atomic E-state index is 0.00915. The Bertz CT molecular complexity index is 1490. The van der Waals surface area contributed by atoms with Crippen LogP contribution in [0.3, 0.4) is 0 Å². The van der Waals surface area contributed by atoms with Gasteiger partial charge in [-0.2, -0.15) is 0 Å². The molecule has 0 aromatic heterocycles. The van der Waals surface area contributed by atoms with Gasteiger partial charge in [0.1, 0.15) is 18.3 Å². The second-order valence-corrected chi connectivity index (χ2v) is 13.0. The number of nitrogens with one attached hydrogen (secondary N) is 1. The first-order valence-electron chi connectivity index (χ1n) is 13.9. The van der Waals surface area contributed by atoms with E-state index in [9.17, 15) is 18.0 Å². The van der Waals surface area contributed by atoms with Gasteiger partial charge >= 0.3 is 0 Å². The van der Waals surface area contributed by atoms with Crippen LogP contribution in [0.4, 0.5) is 5.69 Å². The Kier molecular flexibility index (Phi) is 11.4. The van der Waals surface area contributed by atoms with Crippen LogP contribution in [0.1, 0.15) is 43.9 Å². The molecule has 0 radical (unpaired) electrons. The van der Waals surface area contributed by atoms with Crippen molar-refractivity contribution < 1.29 is 22.7 Å². The molecule has 0 fully saturated rings. The molecule has 0 aliphatic heterocycles. The van der Waals surface area contributed by atoms with Crippen LogP contribution in [0, 0.1) is 19.8 Å². The molecule has 0 aliphatic rings. The van der Waals surface area contributed by atoms with Gasteiger partial charge in [-0.15, -0.1) is 0 Å². The third-order valence-electron chi connectivity index (χ3n) is 6.80. The number of carbonyl (C=O) groups is 2. The normalized spacial score (nSPS) is 12.1. The van der Waals surface area contributed by atoms with Crippen molar-refractivity contribution in [2.24, 2.45) is 5.92 Å². The highest BCUT2D eigenvalue weighted by molar-refractivity contribution is 7.92. The number of ether oxygens (including phenoxy) is 1. The SMILES string of the molecule is CC[C@H](C(=O)NCC(C)C)N(Cc1cccc(C)c1)C(=O)CN(c1cc(Cl)ccc1OC)S(=O)(=O)c1ccc(C)cc1. The second-order valence-electron chi connectivity index (χ2n) is 10.7. The predicted molar refractivity (Wildman–Crippen MR) is 167 cm³/mol. The lowest BCUT2D eigenvalue weighted by Gasteiger charge is -2.33. The van der Waals surface area contributed by atoms with Gasteiger partial charge in [0.15, 0.2) is 0 Å². The van der Waals surface area contributed by atoms with Crippen LogP contribution in [0.15, 0.2) is 71.6 Å². The number of carbonyl (C=O) groups excluding carboxylic acids is 2. The summed E-state index contributed by atoms with van der Waals surface area (Å²) in [6.45, 7) is 9.62. The Balaban J connectivity index is 2.12. The third kappa shape index (κ3) is 8.26. The number of anilines is 1. The lowest BCUT2D eigenvalue weighted by atomic mass is 10.1. The average molecular weight is 614 g/mol. The molecule has 1 N–H and O–H groups in total. The number of nitrogens with zero attached hydrogens (tertiary/aromatic N) is 2. The molecule has 3 aromatic carbocycles. The van der Waals surface area contributed by atoms with Crippen molar-refractivity contribution in [3.63, 3.8) is 0 Å². The molecule has 0 bridgehead atoms. The van der Waals surface area contributed by atoms with Crippen molar-refractivity contribution in [3.05, 3.63) is 88.4 Å². The minimum atomic E-state index is -4.26. The molecule has 0 spiro atoms. The number of methoxy groups -OCH3 is 1. The highest BCUT2D eigenvalue weighted by Crippen LogP contribution is 2.35. The van der Waals surface area contributed by atoms with Gasteiger partial charge in [-0.25, -0.2) is 8.42 Å². The molecule has 0 saturated carbocycles. The Morgan fingerprint density at radius 1 is 0.976 bits per heavy atom. The van der Waals surface area contributed by atoms with E-state index in [0.717, 1.165) is 21.0 Å². The molecular formula is C32H40ClN3O5S. The summed E-state index contributed by atoms with van der Waals surface area (Å²) in [5, 5.41) is 3.21. The van der Waals surface area contributed by atoms with E-state index in [1.165, 1.54) is 30.2 Å². The van der Waals surface area contributed by atoms with Gasteiger partial charge in [0.25, 0.3) is 10.0 Å². The van der Waals surface area contributed by atoms with Crippen molar-refractivity contribution in [2.45, 2.75) is 58.5 Å². The van der Waals surface area contributed by atoms with Crippen molar-refractivity contribution in [1.29, 1.82) is 0 Å². The second kappa shape index (κ2) is 14.6. The molecule has 42 heavy (non-hydrogen) atoms. The Morgan fingerprint density at radius 3 is 2.26 bits per heavy atom. The number of hydrogen-bond donors (Lipinski definition) is 1. The highest BCUT2D eigenvalue weighted by atomic mass is 35.5. The maximum Gasteiger partial charge on any atom is 0.264 e. The van der Waals surface area contributed by atoms with E-state index >= 15 is 0 Å². The van der Waals surface area contributed by atoms with E-state index < -0.39 is 28.5 Å². The summed E-state index contributed by atoms with van der Waals surface area (Å²) < 4.78 is 34.7. The third-order valence-corrected chi connectivity index (χ3v) is 8.81. The minimum Gasteiger partial charge on any atom is -0.495 e. The van der Waals surface area contributed by atoms with Gasteiger partial charge in [0.05, 0.1) is 17.7 Å². The van der Waals surface area contributed by atoms with Crippen LogP contribution in [0.2, 0.25) is 5.02 Å². The number of aryl methyl sites for hydroxylation is 2. The average Bonchev–Trinajstić information content (AvgIpc) is 2.94. The molecule has 8 nitrogen and oxygen atoms in total. The van der Waals surface area contributed by atoms with Gasteiger partial charge in [-0.1, -0.05) is 79.9 Å². The first-order chi connectivity index (χ1) is 19.9. The number of amides is 2. The predicted octanol–water partition coefficient (Wildman–Crippen LogP) is 5.74. The van der Waals surface area contributed by atoms with Gasteiger partial charge in [-0.05, 0) is 62.1 Å². The molecular weight excluding hydrogens is 574 g/mol. The van der Waals surface area contributed by atoms with Crippen molar-refractivity contribution >= 4 is 39.1 Å². The smallest absolute Gasteiger partial charge is 0.264 e. The Labute approximate surface area is 254 Å². The molecule has 10 heteroatoms. The summed E-state index contributed by atoms with van der Waals surface area (Å²) in [6, 6.07) is 17.8. The molecule has 0 saturated heterocycles. The number of benzene rings is 3. The molecule has 3 aromatic rings. The van der Waals surface area contributed by atoms with Crippen LogP contribution in [0.5, 0.6) is 5.75 Å². The fraction of sp³-hybridized carbons (Fsp3) is 0.375. The zero-order chi connectivity index (χ0) is 31.0. The summed E-state index contributed by atoms with van der Waals surface area (Å²) in [7, 11) is -2.84. The largest absolute Gasteiger partial charge is 0.495 e. The summed E-state index contributed by atoms with van der Waals surface area (Å²) in [6.07, 6.45) is 0.340. The van der Waals surface area contributed by atoms with Crippen LogP contribution in [0.25, 0.3) is 0 Å². The number of sulfonamides is 1. The zero-order valence-electron chi connectivity index (χ0n) is 25.1. The summed E-state index contributed by atoms with van der Waals surface area (Å²) in [4.78, 5) is 29.1. The first kappa shape index (κ1) is 32.9. The van der Waals surface area contributed by atoms with E-state index in [2.05, 4.69) is 5.32 Å². The van der Waals surface area contributed by atoms with E-state index in [0.29, 0.717) is 13.0 Å². The van der Waals surface area contributed by atoms with Crippen LogP contribution >= 0.6 is 11.6 Å². The fourth-order valence-electron chi connectivity index (χ4n) is 4.56. The number of hydrogen-bond acceptors (Lipinski definition) is 5. The molecule has 0 heterocycles. The Morgan fingerprint density at radius 2 is 1.67 bits per heavy atom. The first-order valence-corrected chi connectivity index (χ1v) is 15.7. The lowest BCUT2D eigenvalue weighted by Crippen LogP contribution is -2.52. The van der Waals surface area contributed by atoms with Gasteiger partial charge in [0, 0.05) is 18.1 Å².